The van der Waals surface area contributed by atoms with Gasteiger partial charge in [-0.05, 0) is 22.6 Å². The molecule has 7 nitrogen and oxygen atoms in total. The maximum absolute atomic E-state index is 11.6. The predicted octanol–water partition coefficient (Wildman–Crippen LogP) is -0.280. The maximum atomic E-state index is 11.6. The minimum atomic E-state index is -0.650. The average molecular weight is 231 g/mol. The van der Waals surface area contributed by atoms with Crippen LogP contribution in [0, 0.1) is 0 Å². The second kappa shape index (κ2) is 4.52. The molecule has 0 aliphatic carbocycles. The number of nitrogens with zero attached hydrogens (tertiary/aromatic N) is 4. The van der Waals surface area contributed by atoms with E-state index in [1.807, 2.05) is 0 Å². The molecule has 0 bridgehead atoms. The molecule has 0 spiro atoms. The van der Waals surface area contributed by atoms with Gasteiger partial charge in [-0.25, -0.2) is 4.68 Å². The number of aromatic nitrogens is 4. The van der Waals surface area contributed by atoms with Gasteiger partial charge < -0.3 is 5.73 Å². The Morgan fingerprint density at radius 3 is 2.82 bits per heavy atom. The molecule has 0 radical (unpaired) electrons. The fourth-order valence-corrected chi connectivity index (χ4v) is 1.36. The molecular formula is C10H9N5O2. The van der Waals surface area contributed by atoms with Crippen molar-refractivity contribution in [1.29, 1.82) is 0 Å². The first-order valence-electron chi connectivity index (χ1n) is 4.82. The van der Waals surface area contributed by atoms with Gasteiger partial charge in [-0.3, -0.25) is 9.59 Å². The highest BCUT2D eigenvalue weighted by atomic mass is 16.2. The molecule has 1 aromatic heterocycles. The van der Waals surface area contributed by atoms with Crippen LogP contribution >= 0.6 is 0 Å². The van der Waals surface area contributed by atoms with Crippen LogP contribution in [0.3, 0.4) is 0 Å². The van der Waals surface area contributed by atoms with Gasteiger partial charge in [0.2, 0.25) is 5.91 Å². The Bertz CT molecular complexity index is 550. The number of amides is 1. The lowest BCUT2D eigenvalue weighted by Gasteiger charge is -2.02. The molecule has 0 fully saturated rings. The van der Waals surface area contributed by atoms with Gasteiger partial charge in [-0.2, -0.15) is 0 Å². The summed E-state index contributed by atoms with van der Waals surface area (Å²) in [6.07, 6.45) is 1.11. The average Bonchev–Trinajstić information content (AvgIpc) is 2.82. The summed E-state index contributed by atoms with van der Waals surface area (Å²) in [5.74, 6) is -0.977. The molecule has 1 amide bonds. The van der Waals surface area contributed by atoms with Crippen LogP contribution in [-0.4, -0.2) is 31.9 Å². The Morgan fingerprint density at radius 1 is 1.35 bits per heavy atom. The van der Waals surface area contributed by atoms with E-state index in [1.165, 1.54) is 11.0 Å². The summed E-state index contributed by atoms with van der Waals surface area (Å²) in [5.41, 5.74) is 6.01. The molecule has 2 aromatic rings. The van der Waals surface area contributed by atoms with Crippen molar-refractivity contribution in [3.63, 3.8) is 0 Å². The first-order valence-corrected chi connectivity index (χ1v) is 4.82. The Morgan fingerprint density at radius 2 is 2.18 bits per heavy atom. The number of hydrogen-bond donors (Lipinski definition) is 1. The monoisotopic (exact) mass is 231 g/mol. The SMILES string of the molecule is NC(=O)CC(=O)c1cccc(-n2cnnn2)c1. The fourth-order valence-electron chi connectivity index (χ4n) is 1.36. The van der Waals surface area contributed by atoms with Crippen molar-refractivity contribution in [2.24, 2.45) is 5.73 Å². The number of rotatable bonds is 4. The minimum absolute atomic E-state index is 0.306. The van der Waals surface area contributed by atoms with Crippen LogP contribution in [0.2, 0.25) is 0 Å². The molecule has 1 aromatic carbocycles. The first kappa shape index (κ1) is 10.9. The van der Waals surface area contributed by atoms with E-state index in [1.54, 1.807) is 24.3 Å². The molecule has 0 saturated heterocycles. The van der Waals surface area contributed by atoms with Crippen LogP contribution in [0.25, 0.3) is 5.69 Å². The van der Waals surface area contributed by atoms with E-state index < -0.39 is 5.91 Å². The van der Waals surface area contributed by atoms with E-state index in [0.717, 1.165) is 0 Å². The quantitative estimate of drug-likeness (QED) is 0.575. The number of hydrogen-bond acceptors (Lipinski definition) is 5. The topological polar surface area (TPSA) is 104 Å². The van der Waals surface area contributed by atoms with Crippen LogP contribution in [0.5, 0.6) is 0 Å². The Hall–Kier alpha value is -2.57. The Labute approximate surface area is 96.2 Å². The predicted molar refractivity (Wildman–Crippen MR) is 57.3 cm³/mol. The number of Topliss-reactive ketones (excluding diaryl/α,β-unsaturated/α-hetero) is 1. The highest BCUT2D eigenvalue weighted by Crippen LogP contribution is 2.10. The van der Waals surface area contributed by atoms with E-state index in [-0.39, 0.29) is 12.2 Å². The lowest BCUT2D eigenvalue weighted by molar-refractivity contribution is -0.117. The van der Waals surface area contributed by atoms with Gasteiger partial charge in [-0.15, -0.1) is 5.10 Å². The fraction of sp³-hybridized carbons (Fsp3) is 0.100. The second-order valence-electron chi connectivity index (χ2n) is 3.37. The number of nitrogens with two attached hydrogens (primary N) is 1. The molecule has 7 heteroatoms. The highest BCUT2D eigenvalue weighted by Gasteiger charge is 2.10. The van der Waals surface area contributed by atoms with Gasteiger partial charge in [0.1, 0.15) is 6.33 Å². The summed E-state index contributed by atoms with van der Waals surface area (Å²) in [4.78, 5) is 22.3. The molecule has 1 heterocycles. The van der Waals surface area contributed by atoms with Crippen LogP contribution in [0.15, 0.2) is 30.6 Å². The van der Waals surface area contributed by atoms with E-state index in [4.69, 9.17) is 5.73 Å². The lowest BCUT2D eigenvalue weighted by Crippen LogP contribution is -2.16. The molecule has 17 heavy (non-hydrogen) atoms. The molecule has 0 atom stereocenters. The summed E-state index contributed by atoms with van der Waals surface area (Å²) < 4.78 is 1.42. The zero-order valence-electron chi connectivity index (χ0n) is 8.78. The summed E-state index contributed by atoms with van der Waals surface area (Å²) >= 11 is 0. The Kier molecular flexibility index (Phi) is 2.91. The Balaban J connectivity index is 2.29. The third-order valence-corrected chi connectivity index (χ3v) is 2.12. The first-order chi connectivity index (χ1) is 8.16. The summed E-state index contributed by atoms with van der Waals surface area (Å²) in [6.45, 7) is 0. The van der Waals surface area contributed by atoms with Gasteiger partial charge in [0, 0.05) is 5.56 Å². The number of carbonyl (C=O) groups excluding carboxylic acids is 2. The number of tetrazole rings is 1. The standard InChI is InChI=1S/C10H9N5O2/c11-10(17)5-9(16)7-2-1-3-8(4-7)15-6-12-13-14-15/h1-4,6H,5H2,(H2,11,17). The van der Waals surface area contributed by atoms with Gasteiger partial charge in [0.25, 0.3) is 0 Å². The molecule has 2 rings (SSSR count). The number of carbonyl (C=O) groups is 2. The molecule has 0 aliphatic rings. The van der Waals surface area contributed by atoms with Gasteiger partial charge >= 0.3 is 0 Å². The molecule has 0 unspecified atom stereocenters. The smallest absolute Gasteiger partial charge is 0.225 e. The van der Waals surface area contributed by atoms with Crippen molar-refractivity contribution >= 4 is 11.7 Å². The van der Waals surface area contributed by atoms with Crippen LogP contribution in [0.1, 0.15) is 16.8 Å². The zero-order chi connectivity index (χ0) is 12.3. The van der Waals surface area contributed by atoms with Crippen molar-refractivity contribution in [3.05, 3.63) is 36.2 Å². The largest absolute Gasteiger partial charge is 0.369 e. The van der Waals surface area contributed by atoms with E-state index in [0.29, 0.717) is 11.3 Å². The minimum Gasteiger partial charge on any atom is -0.369 e. The van der Waals surface area contributed by atoms with Gasteiger partial charge in [0.15, 0.2) is 5.78 Å². The van der Waals surface area contributed by atoms with E-state index >= 15 is 0 Å². The summed E-state index contributed by atoms with van der Waals surface area (Å²) in [7, 11) is 0. The van der Waals surface area contributed by atoms with Crippen LogP contribution in [0.4, 0.5) is 0 Å². The molecule has 0 saturated carbocycles. The van der Waals surface area contributed by atoms with Crippen LogP contribution < -0.4 is 5.73 Å². The number of benzene rings is 1. The van der Waals surface area contributed by atoms with E-state index in [9.17, 15) is 9.59 Å². The van der Waals surface area contributed by atoms with Crippen molar-refractivity contribution in [3.8, 4) is 5.69 Å². The van der Waals surface area contributed by atoms with Crippen molar-refractivity contribution in [2.45, 2.75) is 6.42 Å². The van der Waals surface area contributed by atoms with Crippen molar-refractivity contribution in [1.82, 2.24) is 20.2 Å². The lowest BCUT2D eigenvalue weighted by atomic mass is 10.1. The number of primary amides is 1. The number of ketones is 1. The molecule has 0 aliphatic heterocycles. The summed E-state index contributed by atoms with van der Waals surface area (Å²) in [6, 6.07) is 6.64. The summed E-state index contributed by atoms with van der Waals surface area (Å²) in [5, 5.41) is 10.7. The zero-order valence-corrected chi connectivity index (χ0v) is 8.78. The molecule has 86 valence electrons. The molecule has 2 N–H and O–H groups in total. The van der Waals surface area contributed by atoms with Gasteiger partial charge in [0.05, 0.1) is 12.1 Å². The third kappa shape index (κ3) is 2.51. The van der Waals surface area contributed by atoms with Crippen molar-refractivity contribution in [2.75, 3.05) is 0 Å². The van der Waals surface area contributed by atoms with Crippen LogP contribution in [-0.2, 0) is 4.79 Å². The second-order valence-corrected chi connectivity index (χ2v) is 3.37. The van der Waals surface area contributed by atoms with Gasteiger partial charge in [-0.1, -0.05) is 12.1 Å². The van der Waals surface area contributed by atoms with E-state index in [2.05, 4.69) is 15.5 Å². The highest BCUT2D eigenvalue weighted by molar-refractivity contribution is 6.07. The third-order valence-electron chi connectivity index (χ3n) is 2.12. The maximum Gasteiger partial charge on any atom is 0.225 e. The normalized spacial score (nSPS) is 10.1. The van der Waals surface area contributed by atoms with Crippen molar-refractivity contribution < 1.29 is 9.59 Å². The molecular weight excluding hydrogens is 222 g/mol.